The Morgan fingerprint density at radius 2 is 1.05 bits per heavy atom. The van der Waals surface area contributed by atoms with Gasteiger partial charge in [0.1, 0.15) is 94.7 Å². The predicted octanol–water partition coefficient (Wildman–Crippen LogP) is 7.59. The zero-order valence-corrected chi connectivity index (χ0v) is 36.3. The Hall–Kier alpha value is -6.60. The van der Waals surface area contributed by atoms with Crippen molar-refractivity contribution in [2.45, 2.75) is 37.4 Å². The molecule has 2 fully saturated rings. The molecule has 8 heterocycles. The fourth-order valence-electron chi connectivity index (χ4n) is 7.95. The zero-order chi connectivity index (χ0) is 45.6. The molecule has 344 valence electrons. The van der Waals surface area contributed by atoms with Gasteiger partial charge in [-0.3, -0.25) is 8.80 Å². The number of methoxy groups -OCH3 is 2. The van der Waals surface area contributed by atoms with Crippen molar-refractivity contribution in [2.75, 3.05) is 66.8 Å². The normalized spacial score (nSPS) is 18.6. The van der Waals surface area contributed by atoms with Crippen molar-refractivity contribution in [1.29, 1.82) is 0 Å². The summed E-state index contributed by atoms with van der Waals surface area (Å²) in [4.78, 5) is 18.4. The lowest BCUT2D eigenvalue weighted by atomic mass is 10.1. The van der Waals surface area contributed by atoms with E-state index in [4.69, 9.17) is 38.4 Å². The molecule has 0 aliphatic carbocycles. The van der Waals surface area contributed by atoms with Crippen LogP contribution in [0.2, 0.25) is 0 Å². The average Bonchev–Trinajstić information content (AvgIpc) is 3.95. The second-order valence-electron chi connectivity index (χ2n) is 15.8. The van der Waals surface area contributed by atoms with Crippen molar-refractivity contribution in [3.8, 4) is 45.8 Å². The van der Waals surface area contributed by atoms with E-state index in [0.29, 0.717) is 108 Å². The number of fused-ring (bicyclic) bond motifs is 4. The Kier molecular flexibility index (Phi) is 13.7. The van der Waals surface area contributed by atoms with Crippen LogP contribution < -0.4 is 29.6 Å². The first-order chi connectivity index (χ1) is 32.2. The lowest BCUT2D eigenvalue weighted by Crippen LogP contribution is -2.44. The number of piperidine rings is 2. The molecule has 2 aliphatic heterocycles. The fraction of sp³-hybridized carbons (Fsp3) is 0.333. The molecule has 0 spiro atoms. The quantitative estimate of drug-likeness (QED) is 0.0822. The maximum absolute atomic E-state index is 14.3. The van der Waals surface area contributed by atoms with Crippen LogP contribution >= 0.6 is 0 Å². The molecule has 14 nitrogen and oxygen atoms in total. The first kappa shape index (κ1) is 44.6. The Morgan fingerprint density at radius 3 is 1.47 bits per heavy atom. The number of imidazole rings is 2. The molecule has 0 bridgehead atoms. The summed E-state index contributed by atoms with van der Waals surface area (Å²) in [5, 5.41) is 7.15. The molecule has 66 heavy (non-hydrogen) atoms. The van der Waals surface area contributed by atoms with Gasteiger partial charge in [-0.05, 0) is 62.3 Å². The van der Waals surface area contributed by atoms with Gasteiger partial charge in [0.05, 0.1) is 48.4 Å². The molecule has 6 aromatic heterocycles. The summed E-state index contributed by atoms with van der Waals surface area (Å²) in [6, 6.07) is 19.9. The summed E-state index contributed by atoms with van der Waals surface area (Å²) in [6.45, 7) is 3.62. The smallest absolute Gasteiger partial charge is 0.149 e. The maximum Gasteiger partial charge on any atom is 0.149 e. The Balaban J connectivity index is 0.000000166. The third-order valence-electron chi connectivity index (χ3n) is 11.3. The Morgan fingerprint density at radius 1 is 0.591 bits per heavy atom. The van der Waals surface area contributed by atoms with Gasteiger partial charge >= 0.3 is 0 Å². The van der Waals surface area contributed by atoms with Gasteiger partial charge in [0.2, 0.25) is 0 Å². The number of hydrogen-bond acceptors (Lipinski definition) is 12. The summed E-state index contributed by atoms with van der Waals surface area (Å²) in [7, 11) is 3.24. The molecule has 2 saturated heterocycles. The SMILES string of the molecule is COCCOc1ccn2c(-c3ccc4cc(F)cc(OC5CCNC[C@@H]5F)c4n3)cnc2c1.COCCOc1ccn2c(-c3ccc4cc(F)cc(OC5CCNC[C@@H]5F)c4n3)cnc2c1. The zero-order valence-electron chi connectivity index (χ0n) is 36.3. The maximum atomic E-state index is 14.3. The van der Waals surface area contributed by atoms with Crippen LogP contribution in [0.25, 0.3) is 55.9 Å². The van der Waals surface area contributed by atoms with E-state index < -0.39 is 36.2 Å². The van der Waals surface area contributed by atoms with Crippen molar-refractivity contribution in [3.63, 3.8) is 0 Å². The summed E-state index contributed by atoms with van der Waals surface area (Å²) < 4.78 is 94.0. The van der Waals surface area contributed by atoms with Crippen LogP contribution in [0.4, 0.5) is 17.6 Å². The van der Waals surface area contributed by atoms with E-state index in [1.807, 2.05) is 45.5 Å². The second kappa shape index (κ2) is 20.3. The van der Waals surface area contributed by atoms with Crippen molar-refractivity contribution in [3.05, 3.63) is 109 Å². The van der Waals surface area contributed by atoms with Crippen LogP contribution in [0.5, 0.6) is 23.0 Å². The third-order valence-corrected chi connectivity index (χ3v) is 11.3. The molecule has 2 unspecified atom stereocenters. The summed E-state index contributed by atoms with van der Waals surface area (Å²) >= 11 is 0. The highest BCUT2D eigenvalue weighted by Gasteiger charge is 2.29. The number of ether oxygens (including phenoxy) is 6. The molecular weight excluding hydrogens is 861 g/mol. The van der Waals surface area contributed by atoms with Gasteiger partial charge in [0.25, 0.3) is 0 Å². The van der Waals surface area contributed by atoms with Crippen molar-refractivity contribution < 1.29 is 46.0 Å². The van der Waals surface area contributed by atoms with Gasteiger partial charge < -0.3 is 39.1 Å². The topological polar surface area (TPSA) is 140 Å². The van der Waals surface area contributed by atoms with Crippen LogP contribution in [0.3, 0.4) is 0 Å². The first-order valence-electron chi connectivity index (χ1n) is 21.7. The molecule has 18 heteroatoms. The number of aromatic nitrogens is 6. The van der Waals surface area contributed by atoms with Gasteiger partial charge in [0, 0.05) is 74.7 Å². The summed E-state index contributed by atoms with van der Waals surface area (Å²) in [6.07, 6.45) is 4.53. The highest BCUT2D eigenvalue weighted by atomic mass is 19.1. The standard InChI is InChI=1S/2C24H24F2N4O3/c2*1-31-8-9-32-17-5-7-30-20(14-28-23(30)12-17)19-3-2-15-10-16(25)11-22(24(15)29-19)33-21-4-6-27-13-18(21)26/h2*2-3,5,7,10-12,14,18,21,27H,4,6,8-9,13H2,1H3/t2*18-,21?/m00/s1. The molecule has 0 radical (unpaired) electrons. The third kappa shape index (κ3) is 9.96. The molecule has 0 amide bonds. The molecule has 0 saturated carbocycles. The van der Waals surface area contributed by atoms with Crippen LogP contribution in [-0.4, -0.2) is 120 Å². The van der Waals surface area contributed by atoms with Crippen molar-refractivity contribution in [2.24, 2.45) is 0 Å². The molecular formula is C48H48F4N8O6. The Labute approximate surface area is 376 Å². The lowest BCUT2D eigenvalue weighted by molar-refractivity contribution is 0.0740. The van der Waals surface area contributed by atoms with Crippen LogP contribution in [0, 0.1) is 11.6 Å². The summed E-state index contributed by atoms with van der Waals surface area (Å²) in [5.74, 6) is 0.960. The second-order valence-corrected chi connectivity index (χ2v) is 15.8. The van der Waals surface area contributed by atoms with E-state index in [-0.39, 0.29) is 24.6 Å². The molecule has 2 N–H and O–H groups in total. The molecule has 2 aliphatic rings. The predicted molar refractivity (Wildman–Crippen MR) is 240 cm³/mol. The fourth-order valence-corrected chi connectivity index (χ4v) is 7.95. The number of alkyl halides is 2. The Bertz CT molecular complexity index is 2760. The highest BCUT2D eigenvalue weighted by molar-refractivity contribution is 5.88. The van der Waals surface area contributed by atoms with Gasteiger partial charge in [-0.15, -0.1) is 0 Å². The number of hydrogen-bond donors (Lipinski definition) is 2. The van der Waals surface area contributed by atoms with Gasteiger partial charge in [-0.25, -0.2) is 37.5 Å². The van der Waals surface area contributed by atoms with E-state index >= 15 is 0 Å². The van der Waals surface area contributed by atoms with E-state index in [0.717, 1.165) is 11.4 Å². The van der Waals surface area contributed by atoms with Crippen LogP contribution in [0.1, 0.15) is 12.8 Å². The number of nitrogens with zero attached hydrogens (tertiary/aromatic N) is 6. The van der Waals surface area contributed by atoms with Crippen molar-refractivity contribution in [1.82, 2.24) is 39.4 Å². The number of pyridine rings is 4. The molecule has 4 atom stereocenters. The molecule has 10 rings (SSSR count). The first-order valence-corrected chi connectivity index (χ1v) is 21.7. The monoisotopic (exact) mass is 908 g/mol. The van der Waals surface area contributed by atoms with E-state index in [9.17, 15) is 17.6 Å². The number of benzene rings is 2. The van der Waals surface area contributed by atoms with Crippen molar-refractivity contribution >= 4 is 33.1 Å². The van der Waals surface area contributed by atoms with Gasteiger partial charge in [-0.1, -0.05) is 12.1 Å². The van der Waals surface area contributed by atoms with E-state index in [2.05, 4.69) is 20.6 Å². The van der Waals surface area contributed by atoms with Crippen LogP contribution in [0.15, 0.2) is 97.6 Å². The minimum absolute atomic E-state index is 0.218. The van der Waals surface area contributed by atoms with Gasteiger partial charge in [-0.2, -0.15) is 0 Å². The number of nitrogens with one attached hydrogen (secondary N) is 2. The van der Waals surface area contributed by atoms with E-state index in [1.54, 1.807) is 50.9 Å². The number of rotatable bonds is 14. The highest BCUT2D eigenvalue weighted by Crippen LogP contribution is 2.33. The minimum atomic E-state index is -1.17. The lowest BCUT2D eigenvalue weighted by Gasteiger charge is -2.27. The summed E-state index contributed by atoms with van der Waals surface area (Å²) in [5.41, 5.74) is 5.16. The molecule has 8 aromatic rings. The largest absolute Gasteiger partial charge is 0.491 e. The number of halogens is 4. The molecule has 2 aromatic carbocycles. The van der Waals surface area contributed by atoms with E-state index in [1.165, 1.54) is 24.3 Å². The van der Waals surface area contributed by atoms with Gasteiger partial charge in [0.15, 0.2) is 0 Å². The average molecular weight is 909 g/mol. The van der Waals surface area contributed by atoms with Crippen LogP contribution in [-0.2, 0) is 9.47 Å². The minimum Gasteiger partial charge on any atom is -0.491 e.